The molecule has 1 aliphatic rings. The third-order valence-corrected chi connectivity index (χ3v) is 2.46. The Morgan fingerprint density at radius 2 is 2.54 bits per heavy atom. The summed E-state index contributed by atoms with van der Waals surface area (Å²) >= 11 is 0. The minimum atomic E-state index is -0.124. The summed E-state index contributed by atoms with van der Waals surface area (Å²) in [6.07, 6.45) is 2.06. The van der Waals surface area contributed by atoms with E-state index < -0.39 is 0 Å². The summed E-state index contributed by atoms with van der Waals surface area (Å²) in [5, 5.41) is 7.38. The Morgan fingerprint density at radius 1 is 1.69 bits per heavy atom. The summed E-state index contributed by atoms with van der Waals surface area (Å²) in [5.41, 5.74) is -0.124. The minimum Gasteiger partial charge on any atom is -0.316 e. The largest absolute Gasteiger partial charge is 0.342 e. The smallest absolute Gasteiger partial charge is 0.316 e. The molecule has 2 rings (SSSR count). The highest BCUT2D eigenvalue weighted by Crippen LogP contribution is 2.11. The lowest BCUT2D eigenvalue weighted by Gasteiger charge is -2.03. The second-order valence-electron chi connectivity index (χ2n) is 3.56. The highest BCUT2D eigenvalue weighted by Gasteiger charge is 2.16. The van der Waals surface area contributed by atoms with Gasteiger partial charge in [-0.05, 0) is 25.4 Å². The zero-order chi connectivity index (χ0) is 9.26. The number of H-pyrrole nitrogens is 1. The standard InChI is InChI=1S/C8H14N4O/c1-12-8(13)10-7(11-12)4-6-2-3-9-5-6/h6,9H,2-5H2,1H3,(H,10,11,13). The second kappa shape index (κ2) is 3.33. The zero-order valence-corrected chi connectivity index (χ0v) is 7.71. The summed E-state index contributed by atoms with van der Waals surface area (Å²) in [6, 6.07) is 0. The first kappa shape index (κ1) is 8.50. The van der Waals surface area contributed by atoms with Gasteiger partial charge in [-0.25, -0.2) is 9.48 Å². The average Bonchev–Trinajstić information content (AvgIpc) is 2.64. The maximum Gasteiger partial charge on any atom is 0.342 e. The monoisotopic (exact) mass is 182 g/mol. The Kier molecular flexibility index (Phi) is 2.18. The van der Waals surface area contributed by atoms with Crippen molar-refractivity contribution < 1.29 is 0 Å². The number of aryl methyl sites for hydroxylation is 1. The van der Waals surface area contributed by atoms with Gasteiger partial charge in [0.25, 0.3) is 0 Å². The summed E-state index contributed by atoms with van der Waals surface area (Å²) < 4.78 is 1.34. The van der Waals surface area contributed by atoms with Crippen LogP contribution in [0.25, 0.3) is 0 Å². The van der Waals surface area contributed by atoms with Gasteiger partial charge in [0.15, 0.2) is 0 Å². The van der Waals surface area contributed by atoms with E-state index in [1.807, 2.05) is 0 Å². The molecule has 0 amide bonds. The molecule has 2 N–H and O–H groups in total. The summed E-state index contributed by atoms with van der Waals surface area (Å²) in [4.78, 5) is 13.8. The first-order valence-electron chi connectivity index (χ1n) is 4.58. The van der Waals surface area contributed by atoms with E-state index in [1.165, 1.54) is 11.1 Å². The van der Waals surface area contributed by atoms with Crippen LogP contribution in [0.5, 0.6) is 0 Å². The third kappa shape index (κ3) is 1.80. The Bertz CT molecular complexity index is 334. The molecule has 0 radical (unpaired) electrons. The summed E-state index contributed by atoms with van der Waals surface area (Å²) in [7, 11) is 1.66. The van der Waals surface area contributed by atoms with E-state index in [0.717, 1.165) is 25.3 Å². The van der Waals surface area contributed by atoms with Crippen LogP contribution in [0.2, 0.25) is 0 Å². The van der Waals surface area contributed by atoms with Gasteiger partial charge in [-0.15, -0.1) is 0 Å². The molecular weight excluding hydrogens is 168 g/mol. The lowest BCUT2D eigenvalue weighted by atomic mass is 10.1. The lowest BCUT2D eigenvalue weighted by Crippen LogP contribution is -2.13. The molecule has 5 nitrogen and oxygen atoms in total. The minimum absolute atomic E-state index is 0.124. The number of hydrogen-bond acceptors (Lipinski definition) is 3. The normalized spacial score (nSPS) is 22.4. The number of aromatic amines is 1. The van der Waals surface area contributed by atoms with Crippen LogP contribution in [0.15, 0.2) is 4.79 Å². The third-order valence-electron chi connectivity index (χ3n) is 2.46. The van der Waals surface area contributed by atoms with Crippen LogP contribution in [-0.2, 0) is 13.5 Å². The van der Waals surface area contributed by atoms with Crippen molar-refractivity contribution in [1.29, 1.82) is 0 Å². The van der Waals surface area contributed by atoms with Gasteiger partial charge >= 0.3 is 5.69 Å². The molecule has 13 heavy (non-hydrogen) atoms. The van der Waals surface area contributed by atoms with Crippen molar-refractivity contribution in [2.45, 2.75) is 12.8 Å². The van der Waals surface area contributed by atoms with Crippen LogP contribution in [0, 0.1) is 5.92 Å². The molecule has 1 atom stereocenters. The van der Waals surface area contributed by atoms with Gasteiger partial charge < -0.3 is 5.32 Å². The second-order valence-corrected chi connectivity index (χ2v) is 3.56. The Hall–Kier alpha value is -1.10. The first-order chi connectivity index (χ1) is 6.25. The molecule has 0 aromatic carbocycles. The molecule has 1 fully saturated rings. The molecule has 72 valence electrons. The van der Waals surface area contributed by atoms with Crippen molar-refractivity contribution in [2.24, 2.45) is 13.0 Å². The maximum absolute atomic E-state index is 11.0. The van der Waals surface area contributed by atoms with E-state index in [0.29, 0.717) is 5.92 Å². The number of nitrogens with zero attached hydrogens (tertiary/aromatic N) is 2. The molecule has 5 heteroatoms. The maximum atomic E-state index is 11.0. The number of hydrogen-bond donors (Lipinski definition) is 2. The molecule has 1 aromatic rings. The molecule has 0 saturated carbocycles. The summed E-state index contributed by atoms with van der Waals surface area (Å²) in [5.74, 6) is 1.44. The van der Waals surface area contributed by atoms with E-state index in [-0.39, 0.29) is 5.69 Å². The van der Waals surface area contributed by atoms with Gasteiger partial charge in [0, 0.05) is 13.5 Å². The predicted molar refractivity (Wildman–Crippen MR) is 48.5 cm³/mol. The fraction of sp³-hybridized carbons (Fsp3) is 0.750. The van der Waals surface area contributed by atoms with Gasteiger partial charge in [0.2, 0.25) is 0 Å². The van der Waals surface area contributed by atoms with Gasteiger partial charge in [-0.3, -0.25) is 4.98 Å². The van der Waals surface area contributed by atoms with Gasteiger partial charge in [0.1, 0.15) is 5.82 Å². The molecule has 1 aromatic heterocycles. The molecule has 0 aliphatic carbocycles. The van der Waals surface area contributed by atoms with E-state index in [4.69, 9.17) is 0 Å². The zero-order valence-electron chi connectivity index (χ0n) is 7.71. The fourth-order valence-corrected chi connectivity index (χ4v) is 1.71. The van der Waals surface area contributed by atoms with Crippen molar-refractivity contribution in [3.8, 4) is 0 Å². The quantitative estimate of drug-likeness (QED) is 0.633. The Morgan fingerprint density at radius 3 is 3.08 bits per heavy atom. The van der Waals surface area contributed by atoms with Crippen LogP contribution < -0.4 is 11.0 Å². The van der Waals surface area contributed by atoms with Crippen LogP contribution in [0.4, 0.5) is 0 Å². The topological polar surface area (TPSA) is 62.7 Å². The molecule has 1 saturated heterocycles. The van der Waals surface area contributed by atoms with Gasteiger partial charge in [-0.2, -0.15) is 5.10 Å². The van der Waals surface area contributed by atoms with Crippen LogP contribution in [0.1, 0.15) is 12.2 Å². The molecule has 1 aliphatic heterocycles. The van der Waals surface area contributed by atoms with Crippen LogP contribution >= 0.6 is 0 Å². The van der Waals surface area contributed by atoms with Crippen molar-refractivity contribution in [3.05, 3.63) is 16.3 Å². The van der Waals surface area contributed by atoms with E-state index in [1.54, 1.807) is 7.05 Å². The van der Waals surface area contributed by atoms with Crippen LogP contribution in [0.3, 0.4) is 0 Å². The van der Waals surface area contributed by atoms with E-state index >= 15 is 0 Å². The van der Waals surface area contributed by atoms with Gasteiger partial charge in [0.05, 0.1) is 0 Å². The SMILES string of the molecule is Cn1nc(CC2CCNC2)[nH]c1=O. The number of rotatable bonds is 2. The molecule has 2 heterocycles. The van der Waals surface area contributed by atoms with Crippen LogP contribution in [-0.4, -0.2) is 27.9 Å². The number of nitrogens with one attached hydrogen (secondary N) is 2. The molecular formula is C8H14N4O. The lowest BCUT2D eigenvalue weighted by molar-refractivity contribution is 0.558. The van der Waals surface area contributed by atoms with Crippen molar-refractivity contribution in [2.75, 3.05) is 13.1 Å². The molecule has 1 unspecified atom stereocenters. The number of aromatic nitrogens is 3. The van der Waals surface area contributed by atoms with Gasteiger partial charge in [-0.1, -0.05) is 0 Å². The Balaban J connectivity index is 2.04. The fourth-order valence-electron chi connectivity index (χ4n) is 1.71. The average molecular weight is 182 g/mol. The first-order valence-corrected chi connectivity index (χ1v) is 4.58. The van der Waals surface area contributed by atoms with Crippen molar-refractivity contribution in [1.82, 2.24) is 20.1 Å². The molecule has 0 spiro atoms. The highest BCUT2D eigenvalue weighted by molar-refractivity contribution is 4.87. The summed E-state index contributed by atoms with van der Waals surface area (Å²) in [6.45, 7) is 2.13. The van der Waals surface area contributed by atoms with E-state index in [9.17, 15) is 4.79 Å². The molecule has 0 bridgehead atoms. The van der Waals surface area contributed by atoms with E-state index in [2.05, 4.69) is 15.4 Å². The highest BCUT2D eigenvalue weighted by atomic mass is 16.1. The predicted octanol–water partition coefficient (Wildman–Crippen LogP) is -0.740. The van der Waals surface area contributed by atoms with Crippen molar-refractivity contribution >= 4 is 0 Å². The Labute approximate surface area is 76.2 Å². The van der Waals surface area contributed by atoms with Crippen molar-refractivity contribution in [3.63, 3.8) is 0 Å².